The normalized spacial score (nSPS) is 11.3. The van der Waals surface area contributed by atoms with E-state index >= 15 is 0 Å². The number of hydrogen-bond acceptors (Lipinski definition) is 2. The molecule has 0 heterocycles. The van der Waals surface area contributed by atoms with Crippen molar-refractivity contribution in [1.29, 1.82) is 0 Å². The molecule has 0 aliphatic heterocycles. The molecule has 0 aliphatic rings. The highest BCUT2D eigenvalue weighted by atomic mass is 127. The van der Waals surface area contributed by atoms with Gasteiger partial charge in [0.15, 0.2) is 0 Å². The number of ether oxygens (including phenoxy) is 2. The van der Waals surface area contributed by atoms with Crippen LogP contribution in [0.5, 0.6) is 11.5 Å². The summed E-state index contributed by atoms with van der Waals surface area (Å²) in [5, 5.41) is 0.0894. The van der Waals surface area contributed by atoms with Crippen molar-refractivity contribution in [1.82, 2.24) is 0 Å². The first-order valence-corrected chi connectivity index (χ1v) is 6.07. The van der Waals surface area contributed by atoms with E-state index in [0.717, 1.165) is 16.6 Å². The maximum atomic E-state index is 11.9. The number of hydrogen-bond donors (Lipinski definition) is 0. The summed E-state index contributed by atoms with van der Waals surface area (Å²) in [7, 11) is 0. The first kappa shape index (κ1) is 13.7. The number of benzene rings is 1. The molecule has 0 atom stereocenters. The molecule has 0 spiro atoms. The summed E-state index contributed by atoms with van der Waals surface area (Å²) in [6.45, 7) is 0.444. The molecule has 0 bridgehead atoms. The molecule has 1 aromatic carbocycles. The van der Waals surface area contributed by atoms with E-state index in [-0.39, 0.29) is 10.8 Å². The van der Waals surface area contributed by atoms with Crippen molar-refractivity contribution in [3.8, 4) is 11.5 Å². The summed E-state index contributed by atoms with van der Waals surface area (Å²) in [5.41, 5.74) is 0. The zero-order chi connectivity index (χ0) is 12.2. The summed E-state index contributed by atoms with van der Waals surface area (Å²) >= 11 is 7.83. The molecular weight excluding hydrogens is 359 g/mol. The van der Waals surface area contributed by atoms with Crippen molar-refractivity contribution >= 4 is 34.2 Å². The number of halogens is 5. The average molecular weight is 367 g/mol. The Morgan fingerprint density at radius 3 is 2.50 bits per heavy atom. The van der Waals surface area contributed by atoms with Gasteiger partial charge in [0.05, 0.1) is 11.6 Å². The van der Waals surface area contributed by atoms with Crippen LogP contribution in [0.25, 0.3) is 0 Å². The Morgan fingerprint density at radius 1 is 1.31 bits per heavy atom. The first-order valence-electron chi connectivity index (χ1n) is 4.16. The summed E-state index contributed by atoms with van der Waals surface area (Å²) < 4.78 is 45.3. The predicted octanol–water partition coefficient (Wildman–Crippen LogP) is 4.05. The van der Waals surface area contributed by atoms with Gasteiger partial charge in [-0.25, -0.2) is 0 Å². The molecule has 0 aliphatic carbocycles. The van der Waals surface area contributed by atoms with Gasteiger partial charge in [0, 0.05) is 10.5 Å². The highest BCUT2D eigenvalue weighted by Crippen LogP contribution is 2.31. The number of rotatable bonds is 4. The maximum absolute atomic E-state index is 11.9. The maximum Gasteiger partial charge on any atom is 0.573 e. The van der Waals surface area contributed by atoms with E-state index in [4.69, 9.17) is 16.3 Å². The molecule has 0 amide bonds. The molecule has 0 aromatic heterocycles. The van der Waals surface area contributed by atoms with Crippen molar-refractivity contribution in [2.45, 2.75) is 6.36 Å². The lowest BCUT2D eigenvalue weighted by Crippen LogP contribution is -2.17. The fraction of sp³-hybridized carbons (Fsp3) is 0.333. The lowest BCUT2D eigenvalue weighted by atomic mass is 10.3. The third kappa shape index (κ3) is 4.65. The fourth-order valence-corrected chi connectivity index (χ4v) is 1.39. The quantitative estimate of drug-likeness (QED) is 0.591. The molecule has 0 unspecified atom stereocenters. The van der Waals surface area contributed by atoms with Crippen LogP contribution in [0.3, 0.4) is 0 Å². The van der Waals surface area contributed by atoms with Crippen LogP contribution in [0.15, 0.2) is 18.2 Å². The molecule has 90 valence electrons. The van der Waals surface area contributed by atoms with E-state index in [1.807, 2.05) is 0 Å². The van der Waals surface area contributed by atoms with Crippen LogP contribution in [0, 0.1) is 0 Å². The van der Waals surface area contributed by atoms with E-state index in [9.17, 15) is 13.2 Å². The van der Waals surface area contributed by atoms with E-state index in [0.29, 0.717) is 12.4 Å². The van der Waals surface area contributed by atoms with Gasteiger partial charge in [-0.15, -0.1) is 13.2 Å². The lowest BCUT2D eigenvalue weighted by molar-refractivity contribution is -0.274. The van der Waals surface area contributed by atoms with Crippen LogP contribution < -0.4 is 9.47 Å². The van der Waals surface area contributed by atoms with E-state index in [2.05, 4.69) is 27.3 Å². The predicted molar refractivity (Wildman–Crippen MR) is 62.5 cm³/mol. The van der Waals surface area contributed by atoms with Crippen LogP contribution in [0.2, 0.25) is 5.02 Å². The van der Waals surface area contributed by atoms with Gasteiger partial charge in [0.25, 0.3) is 0 Å². The van der Waals surface area contributed by atoms with Gasteiger partial charge in [-0.05, 0) is 12.1 Å². The molecule has 7 heteroatoms. The second-order valence-corrected chi connectivity index (χ2v) is 4.16. The molecule has 0 N–H and O–H groups in total. The van der Waals surface area contributed by atoms with Crippen molar-refractivity contribution in [3.63, 3.8) is 0 Å². The van der Waals surface area contributed by atoms with Crippen LogP contribution in [0.4, 0.5) is 13.2 Å². The molecule has 2 nitrogen and oxygen atoms in total. The Kier molecular flexibility index (Phi) is 4.97. The molecule has 1 rings (SSSR count). The topological polar surface area (TPSA) is 18.5 Å². The van der Waals surface area contributed by atoms with Crippen LogP contribution in [-0.4, -0.2) is 17.4 Å². The summed E-state index contributed by atoms with van der Waals surface area (Å²) in [4.78, 5) is 0. The molecule has 0 fully saturated rings. The van der Waals surface area contributed by atoms with E-state index in [1.54, 1.807) is 0 Å². The summed E-state index contributed by atoms with van der Waals surface area (Å²) in [6, 6.07) is 3.56. The third-order valence-corrected chi connectivity index (χ3v) is 2.21. The van der Waals surface area contributed by atoms with Gasteiger partial charge in [-0.1, -0.05) is 34.2 Å². The van der Waals surface area contributed by atoms with Gasteiger partial charge in [0.1, 0.15) is 11.5 Å². The van der Waals surface area contributed by atoms with E-state index in [1.165, 1.54) is 6.07 Å². The molecular formula is C9H7ClF3IO2. The highest BCUT2D eigenvalue weighted by molar-refractivity contribution is 14.1. The van der Waals surface area contributed by atoms with Crippen LogP contribution >= 0.6 is 34.2 Å². The summed E-state index contributed by atoms with van der Waals surface area (Å²) in [5.74, 6) is -0.0211. The summed E-state index contributed by atoms with van der Waals surface area (Å²) in [6.07, 6.45) is -4.71. The molecule has 0 radical (unpaired) electrons. The Hall–Kier alpha value is -0.370. The highest BCUT2D eigenvalue weighted by Gasteiger charge is 2.31. The standard InChI is InChI=1S/C9H7ClF3IO2/c10-7-5-6(16-9(11,12)13)1-2-8(7)15-4-3-14/h1-2,5H,3-4H2. The SMILES string of the molecule is FC(F)(F)Oc1ccc(OCCI)c(Cl)c1. The van der Waals surface area contributed by atoms with E-state index < -0.39 is 6.36 Å². The average Bonchev–Trinajstić information content (AvgIpc) is 2.14. The lowest BCUT2D eigenvalue weighted by Gasteiger charge is -2.11. The minimum absolute atomic E-state index is 0.0894. The van der Waals surface area contributed by atoms with Gasteiger partial charge >= 0.3 is 6.36 Å². The monoisotopic (exact) mass is 366 g/mol. The van der Waals surface area contributed by atoms with Crippen molar-refractivity contribution in [3.05, 3.63) is 23.2 Å². The Labute approximate surface area is 109 Å². The van der Waals surface area contributed by atoms with Gasteiger partial charge in [-0.2, -0.15) is 0 Å². The zero-order valence-electron chi connectivity index (χ0n) is 7.85. The van der Waals surface area contributed by atoms with Crippen molar-refractivity contribution in [2.75, 3.05) is 11.0 Å². The second-order valence-electron chi connectivity index (χ2n) is 2.68. The van der Waals surface area contributed by atoms with Crippen molar-refractivity contribution < 1.29 is 22.6 Å². The smallest absolute Gasteiger partial charge is 0.491 e. The second kappa shape index (κ2) is 5.81. The minimum atomic E-state index is -4.71. The fourth-order valence-electron chi connectivity index (χ4n) is 0.944. The van der Waals surface area contributed by atoms with Gasteiger partial charge < -0.3 is 9.47 Å². The Morgan fingerprint density at radius 2 is 2.00 bits per heavy atom. The molecule has 0 saturated carbocycles. The van der Waals surface area contributed by atoms with Crippen LogP contribution in [-0.2, 0) is 0 Å². The molecule has 0 saturated heterocycles. The molecule has 1 aromatic rings. The van der Waals surface area contributed by atoms with Crippen LogP contribution in [0.1, 0.15) is 0 Å². The molecule has 16 heavy (non-hydrogen) atoms. The zero-order valence-corrected chi connectivity index (χ0v) is 10.8. The van der Waals surface area contributed by atoms with Gasteiger partial charge in [0.2, 0.25) is 0 Å². The first-order chi connectivity index (χ1) is 7.42. The largest absolute Gasteiger partial charge is 0.573 e. The Bertz CT molecular complexity index is 357. The number of alkyl halides is 4. The third-order valence-electron chi connectivity index (χ3n) is 1.47. The minimum Gasteiger partial charge on any atom is -0.491 e. The Balaban J connectivity index is 2.74. The van der Waals surface area contributed by atoms with Gasteiger partial charge in [-0.3, -0.25) is 0 Å². The van der Waals surface area contributed by atoms with Crippen molar-refractivity contribution in [2.24, 2.45) is 0 Å².